The smallest absolute Gasteiger partial charge is 0.142 e. The third-order valence-electron chi connectivity index (χ3n) is 2.51. The minimum Gasteiger partial charge on any atom is -0.384 e. The lowest BCUT2D eigenvalue weighted by molar-refractivity contribution is 0.0740. The van der Waals surface area contributed by atoms with Crippen molar-refractivity contribution < 1.29 is 5.11 Å². The van der Waals surface area contributed by atoms with Crippen molar-refractivity contribution in [1.82, 2.24) is 9.97 Å². The lowest BCUT2D eigenvalue weighted by Crippen LogP contribution is -2.17. The SMILES string of the molecule is CCc1csc(-c2cccc(C(C)(C)O)n2)n1. The van der Waals surface area contributed by atoms with Crippen molar-refractivity contribution >= 4 is 11.3 Å². The monoisotopic (exact) mass is 248 g/mol. The Kier molecular flexibility index (Phi) is 3.26. The fourth-order valence-electron chi connectivity index (χ4n) is 1.48. The van der Waals surface area contributed by atoms with Crippen LogP contribution in [0.4, 0.5) is 0 Å². The van der Waals surface area contributed by atoms with Crippen molar-refractivity contribution in [3.63, 3.8) is 0 Å². The molecule has 0 atom stereocenters. The van der Waals surface area contributed by atoms with Crippen molar-refractivity contribution in [2.45, 2.75) is 32.8 Å². The Bertz CT molecular complexity index is 514. The molecule has 0 aromatic carbocycles. The molecule has 0 bridgehead atoms. The molecule has 3 nitrogen and oxygen atoms in total. The molecule has 2 aromatic heterocycles. The van der Waals surface area contributed by atoms with Gasteiger partial charge in [-0.25, -0.2) is 9.97 Å². The molecule has 2 heterocycles. The molecule has 0 radical (unpaired) electrons. The standard InChI is InChI=1S/C13H16N2OS/c1-4-9-8-17-12(14-9)10-6-5-7-11(15-10)13(2,3)16/h5-8,16H,4H2,1-3H3. The second-order valence-electron chi connectivity index (χ2n) is 4.46. The van der Waals surface area contributed by atoms with Crippen molar-refractivity contribution in [3.05, 3.63) is 35.0 Å². The summed E-state index contributed by atoms with van der Waals surface area (Å²) < 4.78 is 0. The van der Waals surface area contributed by atoms with Crippen LogP contribution in [0.1, 0.15) is 32.2 Å². The van der Waals surface area contributed by atoms with Gasteiger partial charge in [-0.1, -0.05) is 13.0 Å². The molecule has 1 N–H and O–H groups in total. The molecule has 0 amide bonds. The second-order valence-corrected chi connectivity index (χ2v) is 5.32. The Labute approximate surface area is 105 Å². The molecule has 0 saturated heterocycles. The number of hydrogen-bond acceptors (Lipinski definition) is 4. The molecule has 0 unspecified atom stereocenters. The van der Waals surface area contributed by atoms with Gasteiger partial charge in [-0.2, -0.15) is 0 Å². The summed E-state index contributed by atoms with van der Waals surface area (Å²) in [5.74, 6) is 0. The fourth-order valence-corrected chi connectivity index (χ4v) is 2.35. The predicted octanol–water partition coefficient (Wildman–Crippen LogP) is 2.99. The van der Waals surface area contributed by atoms with Crippen LogP contribution in [0, 0.1) is 0 Å². The van der Waals surface area contributed by atoms with Crippen LogP contribution < -0.4 is 0 Å². The van der Waals surface area contributed by atoms with E-state index in [-0.39, 0.29) is 0 Å². The van der Waals surface area contributed by atoms with Crippen LogP contribution in [0.25, 0.3) is 10.7 Å². The maximum atomic E-state index is 9.93. The topological polar surface area (TPSA) is 46.0 Å². The first-order chi connectivity index (χ1) is 8.00. The van der Waals surface area contributed by atoms with E-state index in [2.05, 4.69) is 16.9 Å². The number of aryl methyl sites for hydroxylation is 1. The minimum atomic E-state index is -0.916. The quantitative estimate of drug-likeness (QED) is 0.908. The maximum absolute atomic E-state index is 9.93. The zero-order valence-electron chi connectivity index (χ0n) is 10.3. The number of thiazole rings is 1. The van der Waals surface area contributed by atoms with E-state index >= 15 is 0 Å². The number of aromatic nitrogens is 2. The van der Waals surface area contributed by atoms with Gasteiger partial charge >= 0.3 is 0 Å². The molecule has 0 aliphatic heterocycles. The summed E-state index contributed by atoms with van der Waals surface area (Å²) in [7, 11) is 0. The van der Waals surface area contributed by atoms with Gasteiger partial charge in [-0.05, 0) is 32.4 Å². The number of aliphatic hydroxyl groups is 1. The Balaban J connectivity index is 2.39. The van der Waals surface area contributed by atoms with Crippen molar-refractivity contribution in [1.29, 1.82) is 0 Å². The van der Waals surface area contributed by atoms with E-state index in [9.17, 15) is 5.11 Å². The van der Waals surface area contributed by atoms with Crippen LogP contribution in [-0.2, 0) is 12.0 Å². The van der Waals surface area contributed by atoms with Gasteiger partial charge in [-0.15, -0.1) is 11.3 Å². The fraction of sp³-hybridized carbons (Fsp3) is 0.385. The van der Waals surface area contributed by atoms with Gasteiger partial charge in [0.1, 0.15) is 10.6 Å². The van der Waals surface area contributed by atoms with Crippen LogP contribution in [0.2, 0.25) is 0 Å². The zero-order valence-corrected chi connectivity index (χ0v) is 11.1. The summed E-state index contributed by atoms with van der Waals surface area (Å²) >= 11 is 1.59. The largest absolute Gasteiger partial charge is 0.384 e. The molecular formula is C13H16N2OS. The van der Waals surface area contributed by atoms with Crippen molar-refractivity contribution in [2.24, 2.45) is 0 Å². The Morgan fingerprint density at radius 2 is 2.06 bits per heavy atom. The summed E-state index contributed by atoms with van der Waals surface area (Å²) in [6, 6.07) is 5.66. The highest BCUT2D eigenvalue weighted by molar-refractivity contribution is 7.13. The predicted molar refractivity (Wildman–Crippen MR) is 70.0 cm³/mol. The third kappa shape index (κ3) is 2.70. The Hall–Kier alpha value is -1.26. The highest BCUT2D eigenvalue weighted by Crippen LogP contribution is 2.25. The lowest BCUT2D eigenvalue weighted by Gasteiger charge is -2.16. The van der Waals surface area contributed by atoms with Gasteiger partial charge in [-0.3, -0.25) is 0 Å². The van der Waals surface area contributed by atoms with E-state index in [0.29, 0.717) is 5.69 Å². The Morgan fingerprint density at radius 1 is 1.29 bits per heavy atom. The first kappa shape index (κ1) is 12.2. The van der Waals surface area contributed by atoms with Crippen LogP contribution in [0.3, 0.4) is 0 Å². The first-order valence-electron chi connectivity index (χ1n) is 5.65. The molecule has 90 valence electrons. The molecule has 0 aliphatic rings. The van der Waals surface area contributed by atoms with Crippen molar-refractivity contribution in [3.8, 4) is 10.7 Å². The van der Waals surface area contributed by atoms with Crippen LogP contribution in [-0.4, -0.2) is 15.1 Å². The van der Waals surface area contributed by atoms with E-state index in [0.717, 1.165) is 22.8 Å². The van der Waals surface area contributed by atoms with Crippen LogP contribution in [0.5, 0.6) is 0 Å². The van der Waals surface area contributed by atoms with E-state index in [1.165, 1.54) is 0 Å². The van der Waals surface area contributed by atoms with Crippen LogP contribution >= 0.6 is 11.3 Å². The number of rotatable bonds is 3. The highest BCUT2D eigenvalue weighted by Gasteiger charge is 2.18. The minimum absolute atomic E-state index is 0.670. The van der Waals surface area contributed by atoms with E-state index in [1.807, 2.05) is 23.6 Å². The normalized spacial score (nSPS) is 11.8. The Morgan fingerprint density at radius 3 is 2.65 bits per heavy atom. The van der Waals surface area contributed by atoms with Gasteiger partial charge in [0.05, 0.1) is 17.1 Å². The zero-order chi connectivity index (χ0) is 12.5. The summed E-state index contributed by atoms with van der Waals surface area (Å²) in [6.07, 6.45) is 0.932. The van der Waals surface area contributed by atoms with E-state index in [1.54, 1.807) is 25.2 Å². The van der Waals surface area contributed by atoms with E-state index < -0.39 is 5.60 Å². The summed E-state index contributed by atoms with van der Waals surface area (Å²) in [6.45, 7) is 5.55. The molecule has 2 aromatic rings. The molecular weight excluding hydrogens is 232 g/mol. The van der Waals surface area contributed by atoms with Gasteiger partial charge < -0.3 is 5.11 Å². The number of hydrogen-bond donors (Lipinski definition) is 1. The summed E-state index contributed by atoms with van der Waals surface area (Å²) in [5, 5.41) is 12.9. The molecule has 17 heavy (non-hydrogen) atoms. The molecule has 0 spiro atoms. The molecule has 2 rings (SSSR count). The average molecular weight is 248 g/mol. The number of nitrogens with zero attached hydrogens (tertiary/aromatic N) is 2. The van der Waals surface area contributed by atoms with Gasteiger partial charge in [0.2, 0.25) is 0 Å². The highest BCUT2D eigenvalue weighted by atomic mass is 32.1. The molecule has 0 saturated carbocycles. The van der Waals surface area contributed by atoms with Gasteiger partial charge in [0, 0.05) is 5.38 Å². The first-order valence-corrected chi connectivity index (χ1v) is 6.53. The lowest BCUT2D eigenvalue weighted by atomic mass is 10.0. The maximum Gasteiger partial charge on any atom is 0.142 e. The number of pyridine rings is 1. The molecule has 0 aliphatic carbocycles. The second kappa shape index (κ2) is 4.55. The summed E-state index contributed by atoms with van der Waals surface area (Å²) in [4.78, 5) is 8.96. The third-order valence-corrected chi connectivity index (χ3v) is 3.42. The molecule has 0 fully saturated rings. The molecule has 4 heteroatoms. The van der Waals surface area contributed by atoms with Crippen LogP contribution in [0.15, 0.2) is 23.6 Å². The van der Waals surface area contributed by atoms with E-state index in [4.69, 9.17) is 0 Å². The van der Waals surface area contributed by atoms with Gasteiger partial charge in [0.25, 0.3) is 0 Å². The van der Waals surface area contributed by atoms with Crippen molar-refractivity contribution in [2.75, 3.05) is 0 Å². The summed E-state index contributed by atoms with van der Waals surface area (Å²) in [5.41, 5.74) is 1.67. The average Bonchev–Trinajstić information content (AvgIpc) is 2.76. The van der Waals surface area contributed by atoms with Gasteiger partial charge in [0.15, 0.2) is 0 Å².